The van der Waals surface area contributed by atoms with Crippen molar-refractivity contribution in [1.29, 1.82) is 0 Å². The molecule has 0 heterocycles. The molecule has 0 unspecified atom stereocenters. The lowest BCUT2D eigenvalue weighted by molar-refractivity contribution is -0.131. The fourth-order valence-electron chi connectivity index (χ4n) is 1.38. The first-order valence-corrected chi connectivity index (χ1v) is 5.21. The average Bonchev–Trinajstić information content (AvgIpc) is 2.01. The van der Waals surface area contributed by atoms with Crippen LogP contribution < -0.4 is 0 Å². The number of amides is 1. The highest BCUT2D eigenvalue weighted by atomic mass is 16.2. The maximum Gasteiger partial charge on any atom is 0.222 e. The summed E-state index contributed by atoms with van der Waals surface area (Å²) in [6, 6.07) is 0. The summed E-state index contributed by atoms with van der Waals surface area (Å²) in [6.07, 6.45) is 2.05. The minimum Gasteiger partial charge on any atom is -0.396 e. The van der Waals surface area contributed by atoms with Gasteiger partial charge < -0.3 is 10.0 Å². The number of carbonyl (C=O) groups is 1. The molecule has 0 radical (unpaired) electrons. The molecule has 0 saturated carbocycles. The maximum absolute atomic E-state index is 11.5. The summed E-state index contributed by atoms with van der Waals surface area (Å²) in [5, 5.41) is 8.58. The first kappa shape index (κ1) is 13.4. The molecule has 0 fully saturated rings. The molecule has 0 spiro atoms. The van der Waals surface area contributed by atoms with E-state index in [0.29, 0.717) is 6.42 Å². The van der Waals surface area contributed by atoms with Crippen LogP contribution in [0.25, 0.3) is 0 Å². The standard InChI is InChI=1S/C11H23NO2/c1-11(2,3)9-12(4)10(14)7-5-6-8-13/h13H,5-9H2,1-4H3. The molecule has 3 heteroatoms. The Labute approximate surface area is 87.1 Å². The minimum absolute atomic E-state index is 0.154. The zero-order valence-corrected chi connectivity index (χ0v) is 9.84. The van der Waals surface area contributed by atoms with Crippen molar-refractivity contribution in [3.63, 3.8) is 0 Å². The lowest BCUT2D eigenvalue weighted by Gasteiger charge is -2.26. The molecule has 0 aliphatic carbocycles. The smallest absolute Gasteiger partial charge is 0.222 e. The average molecular weight is 201 g/mol. The quantitative estimate of drug-likeness (QED) is 0.687. The summed E-state index contributed by atoms with van der Waals surface area (Å²) in [4.78, 5) is 13.3. The number of carbonyl (C=O) groups excluding carboxylic acids is 1. The highest BCUT2D eigenvalue weighted by molar-refractivity contribution is 5.75. The second-order valence-electron chi connectivity index (χ2n) is 4.99. The van der Waals surface area contributed by atoms with E-state index in [1.165, 1.54) is 0 Å². The van der Waals surface area contributed by atoms with Gasteiger partial charge in [0.1, 0.15) is 0 Å². The van der Waals surface area contributed by atoms with Gasteiger partial charge in [0.15, 0.2) is 0 Å². The van der Waals surface area contributed by atoms with Crippen LogP contribution in [0, 0.1) is 5.41 Å². The number of unbranched alkanes of at least 4 members (excludes halogenated alkanes) is 1. The molecule has 1 N–H and O–H groups in total. The van der Waals surface area contributed by atoms with Crippen LogP contribution in [-0.4, -0.2) is 36.1 Å². The van der Waals surface area contributed by atoms with Gasteiger partial charge in [-0.2, -0.15) is 0 Å². The van der Waals surface area contributed by atoms with Gasteiger partial charge in [0.05, 0.1) is 0 Å². The van der Waals surface area contributed by atoms with E-state index in [1.54, 1.807) is 4.90 Å². The number of hydrogen-bond acceptors (Lipinski definition) is 2. The Morgan fingerprint density at radius 1 is 1.29 bits per heavy atom. The molecule has 0 rings (SSSR count). The molecule has 0 aromatic heterocycles. The van der Waals surface area contributed by atoms with Crippen molar-refractivity contribution in [3.05, 3.63) is 0 Å². The Morgan fingerprint density at radius 2 is 1.86 bits per heavy atom. The van der Waals surface area contributed by atoms with E-state index < -0.39 is 0 Å². The second-order valence-corrected chi connectivity index (χ2v) is 4.99. The van der Waals surface area contributed by atoms with Crippen molar-refractivity contribution in [2.45, 2.75) is 40.0 Å². The predicted molar refractivity (Wildman–Crippen MR) is 58.0 cm³/mol. The Hall–Kier alpha value is -0.570. The lowest BCUT2D eigenvalue weighted by Crippen LogP contribution is -2.34. The van der Waals surface area contributed by atoms with Gasteiger partial charge >= 0.3 is 0 Å². The van der Waals surface area contributed by atoms with Gasteiger partial charge in [0, 0.05) is 26.6 Å². The number of rotatable bonds is 5. The molecule has 0 aromatic carbocycles. The second kappa shape index (κ2) is 6.02. The maximum atomic E-state index is 11.5. The highest BCUT2D eigenvalue weighted by Gasteiger charge is 2.16. The van der Waals surface area contributed by atoms with Crippen LogP contribution in [0.1, 0.15) is 40.0 Å². The van der Waals surface area contributed by atoms with Crippen LogP contribution >= 0.6 is 0 Å². The van der Waals surface area contributed by atoms with Crippen molar-refractivity contribution >= 4 is 5.91 Å². The summed E-state index contributed by atoms with van der Waals surface area (Å²) in [7, 11) is 1.84. The van der Waals surface area contributed by atoms with Crippen LogP contribution in [0.15, 0.2) is 0 Å². The molecule has 3 nitrogen and oxygen atoms in total. The van der Waals surface area contributed by atoms with E-state index in [-0.39, 0.29) is 17.9 Å². The van der Waals surface area contributed by atoms with Crippen LogP contribution in [0.4, 0.5) is 0 Å². The molecule has 14 heavy (non-hydrogen) atoms. The molecule has 0 aliphatic heterocycles. The zero-order chi connectivity index (χ0) is 11.2. The molecule has 1 amide bonds. The first-order chi connectivity index (χ1) is 6.37. The van der Waals surface area contributed by atoms with Gasteiger partial charge in [-0.3, -0.25) is 4.79 Å². The third kappa shape index (κ3) is 6.89. The Kier molecular flexibility index (Phi) is 5.77. The minimum atomic E-state index is 0.154. The molecule has 84 valence electrons. The van der Waals surface area contributed by atoms with Crippen molar-refractivity contribution in [2.75, 3.05) is 20.2 Å². The third-order valence-electron chi connectivity index (χ3n) is 1.94. The monoisotopic (exact) mass is 201 g/mol. The van der Waals surface area contributed by atoms with Gasteiger partial charge in [-0.1, -0.05) is 20.8 Å². The van der Waals surface area contributed by atoms with Gasteiger partial charge in [-0.05, 0) is 18.3 Å². The van der Waals surface area contributed by atoms with E-state index in [2.05, 4.69) is 20.8 Å². The summed E-state index contributed by atoms with van der Waals surface area (Å²) in [5.74, 6) is 0.174. The highest BCUT2D eigenvalue weighted by Crippen LogP contribution is 2.14. The third-order valence-corrected chi connectivity index (χ3v) is 1.94. The molecule has 0 bridgehead atoms. The van der Waals surface area contributed by atoms with Gasteiger partial charge in [-0.25, -0.2) is 0 Å². The summed E-state index contributed by atoms with van der Waals surface area (Å²) in [5.41, 5.74) is 0.154. The molecular weight excluding hydrogens is 178 g/mol. The summed E-state index contributed by atoms with van der Waals surface area (Å²) < 4.78 is 0. The number of aliphatic hydroxyl groups excluding tert-OH is 1. The zero-order valence-electron chi connectivity index (χ0n) is 9.84. The van der Waals surface area contributed by atoms with E-state index >= 15 is 0 Å². The predicted octanol–water partition coefficient (Wildman–Crippen LogP) is 1.65. The molecule has 0 saturated heterocycles. The molecule has 0 atom stereocenters. The molecule has 0 aliphatic rings. The molecule has 0 aromatic rings. The number of hydrogen-bond donors (Lipinski definition) is 1. The van der Waals surface area contributed by atoms with Gasteiger partial charge in [-0.15, -0.1) is 0 Å². The van der Waals surface area contributed by atoms with Crippen molar-refractivity contribution in [3.8, 4) is 0 Å². The van der Waals surface area contributed by atoms with Crippen LogP contribution in [-0.2, 0) is 4.79 Å². The summed E-state index contributed by atoms with van der Waals surface area (Å²) in [6.45, 7) is 7.31. The normalized spacial score (nSPS) is 11.5. The van der Waals surface area contributed by atoms with Crippen molar-refractivity contribution in [1.82, 2.24) is 4.90 Å². The summed E-state index contributed by atoms with van der Waals surface area (Å²) >= 11 is 0. The van der Waals surface area contributed by atoms with Crippen LogP contribution in [0.5, 0.6) is 0 Å². The number of aliphatic hydroxyl groups is 1. The first-order valence-electron chi connectivity index (χ1n) is 5.21. The Balaban J connectivity index is 3.77. The topological polar surface area (TPSA) is 40.5 Å². The van der Waals surface area contributed by atoms with E-state index in [0.717, 1.165) is 19.4 Å². The Bertz CT molecular complexity index is 173. The van der Waals surface area contributed by atoms with Crippen molar-refractivity contribution < 1.29 is 9.90 Å². The fourth-order valence-corrected chi connectivity index (χ4v) is 1.38. The SMILES string of the molecule is CN(CC(C)(C)C)C(=O)CCCCO. The fraction of sp³-hybridized carbons (Fsp3) is 0.909. The largest absolute Gasteiger partial charge is 0.396 e. The number of nitrogens with zero attached hydrogens (tertiary/aromatic N) is 1. The lowest BCUT2D eigenvalue weighted by atomic mass is 9.96. The van der Waals surface area contributed by atoms with E-state index in [4.69, 9.17) is 5.11 Å². The van der Waals surface area contributed by atoms with Crippen molar-refractivity contribution in [2.24, 2.45) is 5.41 Å². The van der Waals surface area contributed by atoms with Gasteiger partial charge in [0.2, 0.25) is 5.91 Å². The van der Waals surface area contributed by atoms with Gasteiger partial charge in [0.25, 0.3) is 0 Å². The van der Waals surface area contributed by atoms with E-state index in [9.17, 15) is 4.79 Å². The Morgan fingerprint density at radius 3 is 2.29 bits per heavy atom. The van der Waals surface area contributed by atoms with Crippen LogP contribution in [0.3, 0.4) is 0 Å². The molecular formula is C11H23NO2. The van der Waals surface area contributed by atoms with Crippen LogP contribution in [0.2, 0.25) is 0 Å². The van der Waals surface area contributed by atoms with E-state index in [1.807, 2.05) is 7.05 Å².